The highest BCUT2D eigenvalue weighted by Crippen LogP contribution is 2.14. The largest absolute Gasteiger partial charge is 0.494 e. The molecule has 0 saturated heterocycles. The molecule has 1 amide bonds. The highest BCUT2D eigenvalue weighted by atomic mass is 16.5. The number of ketones is 1. The number of fused-ring (bicyclic) bond motifs is 1. The fraction of sp³-hybridized carbons (Fsp3) is 0.333. The van der Waals surface area contributed by atoms with Gasteiger partial charge in [0.25, 0.3) is 0 Å². The fourth-order valence-electron chi connectivity index (χ4n) is 2.79. The number of nitrogens with zero attached hydrogens (tertiary/aromatic N) is 3. The van der Waals surface area contributed by atoms with Gasteiger partial charge in [-0.05, 0) is 42.8 Å². The minimum absolute atomic E-state index is 0.0550. The number of carbonyl (C=O) groups is 2. The van der Waals surface area contributed by atoms with Crippen LogP contribution >= 0.6 is 0 Å². The molecule has 0 spiro atoms. The maximum absolute atomic E-state index is 12.2. The number of carbonyl (C=O) groups excluding carboxylic acids is 2. The summed E-state index contributed by atoms with van der Waals surface area (Å²) in [6, 6.07) is 12.7. The number of hydrogen-bond donors (Lipinski definition) is 1. The van der Waals surface area contributed by atoms with Crippen molar-refractivity contribution in [1.29, 1.82) is 0 Å². The Hall–Kier alpha value is -3.22. The van der Waals surface area contributed by atoms with Gasteiger partial charge in [-0.1, -0.05) is 13.0 Å². The van der Waals surface area contributed by atoms with Crippen LogP contribution in [-0.2, 0) is 11.2 Å². The molecule has 0 saturated carbocycles. The molecule has 146 valence electrons. The predicted molar refractivity (Wildman–Crippen MR) is 105 cm³/mol. The average molecular weight is 380 g/mol. The highest BCUT2D eigenvalue weighted by Gasteiger charge is 2.10. The van der Waals surface area contributed by atoms with Crippen LogP contribution in [0, 0.1) is 0 Å². The summed E-state index contributed by atoms with van der Waals surface area (Å²) in [6.07, 6.45) is 3.74. The maximum Gasteiger partial charge on any atom is 0.220 e. The Labute approximate surface area is 163 Å². The first-order valence-electron chi connectivity index (χ1n) is 9.49. The average Bonchev–Trinajstić information content (AvgIpc) is 3.14. The van der Waals surface area contributed by atoms with Gasteiger partial charge in [-0.25, -0.2) is 0 Å². The van der Waals surface area contributed by atoms with Crippen molar-refractivity contribution in [3.8, 4) is 5.75 Å². The lowest BCUT2D eigenvalue weighted by Crippen LogP contribution is -2.26. The molecule has 0 aliphatic heterocycles. The van der Waals surface area contributed by atoms with Gasteiger partial charge in [-0.2, -0.15) is 0 Å². The molecule has 7 nitrogen and oxygen atoms in total. The van der Waals surface area contributed by atoms with Crippen LogP contribution < -0.4 is 10.1 Å². The fourth-order valence-corrected chi connectivity index (χ4v) is 2.79. The van der Waals surface area contributed by atoms with Gasteiger partial charge in [0.2, 0.25) is 5.91 Å². The molecule has 28 heavy (non-hydrogen) atoms. The third kappa shape index (κ3) is 5.16. The van der Waals surface area contributed by atoms with Crippen molar-refractivity contribution in [1.82, 2.24) is 19.9 Å². The standard InChI is InChI=1S/C21H24N4O3/c1-2-15-28-17-8-6-16(7-9-17)18(26)10-11-21(27)22-13-12-20-24-23-19-5-3-4-14-25(19)20/h3-9,14H,2,10-13,15H2,1H3,(H,22,27). The lowest BCUT2D eigenvalue weighted by molar-refractivity contribution is -0.121. The Kier molecular flexibility index (Phi) is 6.73. The third-order valence-electron chi connectivity index (χ3n) is 4.28. The Morgan fingerprint density at radius 2 is 1.89 bits per heavy atom. The SMILES string of the molecule is CCCOc1ccc(C(=O)CCC(=O)NCCc2nnc3ccccn23)cc1. The Morgan fingerprint density at radius 3 is 2.68 bits per heavy atom. The van der Waals surface area contributed by atoms with Crippen LogP contribution in [0.1, 0.15) is 42.4 Å². The number of aromatic nitrogens is 3. The van der Waals surface area contributed by atoms with Crippen LogP contribution in [0.15, 0.2) is 48.7 Å². The molecule has 3 rings (SSSR count). The van der Waals surface area contributed by atoms with Crippen molar-refractivity contribution >= 4 is 17.3 Å². The van der Waals surface area contributed by atoms with Crippen molar-refractivity contribution in [2.45, 2.75) is 32.6 Å². The van der Waals surface area contributed by atoms with E-state index in [-0.39, 0.29) is 24.5 Å². The van der Waals surface area contributed by atoms with Gasteiger partial charge in [0.15, 0.2) is 11.4 Å². The molecule has 2 aromatic heterocycles. The van der Waals surface area contributed by atoms with Gasteiger partial charge in [0, 0.05) is 37.6 Å². The van der Waals surface area contributed by atoms with E-state index < -0.39 is 0 Å². The smallest absolute Gasteiger partial charge is 0.220 e. The van der Waals surface area contributed by atoms with E-state index in [4.69, 9.17) is 4.74 Å². The zero-order chi connectivity index (χ0) is 19.8. The molecule has 7 heteroatoms. The quantitative estimate of drug-likeness (QED) is 0.547. The number of Topliss-reactive ketones (excluding diaryl/α,β-unsaturated/α-hetero) is 1. The van der Waals surface area contributed by atoms with Crippen molar-refractivity contribution in [2.24, 2.45) is 0 Å². The monoisotopic (exact) mass is 380 g/mol. The molecular weight excluding hydrogens is 356 g/mol. The Morgan fingerprint density at radius 1 is 1.07 bits per heavy atom. The highest BCUT2D eigenvalue weighted by molar-refractivity contribution is 5.98. The lowest BCUT2D eigenvalue weighted by Gasteiger charge is -2.06. The van der Waals surface area contributed by atoms with Crippen molar-refractivity contribution in [2.75, 3.05) is 13.2 Å². The van der Waals surface area contributed by atoms with Crippen LogP contribution in [0.4, 0.5) is 0 Å². The lowest BCUT2D eigenvalue weighted by atomic mass is 10.1. The van der Waals surface area contributed by atoms with Gasteiger partial charge in [0.05, 0.1) is 6.61 Å². The minimum Gasteiger partial charge on any atom is -0.494 e. The first kappa shape index (κ1) is 19.5. The Bertz CT molecular complexity index is 934. The van der Waals surface area contributed by atoms with E-state index in [2.05, 4.69) is 15.5 Å². The van der Waals surface area contributed by atoms with Gasteiger partial charge in [-0.3, -0.25) is 14.0 Å². The van der Waals surface area contributed by atoms with E-state index in [0.29, 0.717) is 25.1 Å². The summed E-state index contributed by atoms with van der Waals surface area (Å²) >= 11 is 0. The van der Waals surface area contributed by atoms with Crippen molar-refractivity contribution < 1.29 is 14.3 Å². The second-order valence-electron chi connectivity index (χ2n) is 6.44. The van der Waals surface area contributed by atoms with Crippen molar-refractivity contribution in [3.05, 3.63) is 60.0 Å². The molecule has 0 bridgehead atoms. The summed E-state index contributed by atoms with van der Waals surface area (Å²) in [5, 5.41) is 11.0. The molecule has 0 aliphatic rings. The zero-order valence-electron chi connectivity index (χ0n) is 15.9. The van der Waals surface area contributed by atoms with Crippen LogP contribution in [0.25, 0.3) is 5.65 Å². The van der Waals surface area contributed by atoms with E-state index in [0.717, 1.165) is 23.6 Å². The molecule has 1 N–H and O–H groups in total. The number of amides is 1. The van der Waals surface area contributed by atoms with Gasteiger partial charge >= 0.3 is 0 Å². The number of hydrogen-bond acceptors (Lipinski definition) is 5. The van der Waals surface area contributed by atoms with E-state index in [1.807, 2.05) is 35.7 Å². The van der Waals surface area contributed by atoms with Gasteiger partial charge in [-0.15, -0.1) is 10.2 Å². The summed E-state index contributed by atoms with van der Waals surface area (Å²) in [4.78, 5) is 24.3. The molecule has 0 fully saturated rings. The van der Waals surface area contributed by atoms with Gasteiger partial charge in [0.1, 0.15) is 11.6 Å². The van der Waals surface area contributed by atoms with Crippen LogP contribution in [0.3, 0.4) is 0 Å². The third-order valence-corrected chi connectivity index (χ3v) is 4.28. The normalized spacial score (nSPS) is 10.8. The molecule has 0 radical (unpaired) electrons. The van der Waals surface area contributed by atoms with Gasteiger partial charge < -0.3 is 10.1 Å². The van der Waals surface area contributed by atoms with Crippen LogP contribution in [0.5, 0.6) is 5.75 Å². The molecule has 1 aromatic carbocycles. The van der Waals surface area contributed by atoms with Crippen LogP contribution in [-0.4, -0.2) is 39.4 Å². The Balaban J connectivity index is 1.40. The first-order chi connectivity index (χ1) is 13.7. The molecule has 0 atom stereocenters. The zero-order valence-corrected chi connectivity index (χ0v) is 15.9. The predicted octanol–water partition coefficient (Wildman–Crippen LogP) is 2.84. The number of pyridine rings is 1. The summed E-state index contributed by atoms with van der Waals surface area (Å²) in [6.45, 7) is 3.14. The maximum atomic E-state index is 12.2. The summed E-state index contributed by atoms with van der Waals surface area (Å²) in [5.74, 6) is 1.33. The topological polar surface area (TPSA) is 85.6 Å². The van der Waals surface area contributed by atoms with Crippen molar-refractivity contribution in [3.63, 3.8) is 0 Å². The van der Waals surface area contributed by atoms with E-state index >= 15 is 0 Å². The van der Waals surface area contributed by atoms with E-state index in [9.17, 15) is 9.59 Å². The van der Waals surface area contributed by atoms with Crippen LogP contribution in [0.2, 0.25) is 0 Å². The first-order valence-corrected chi connectivity index (χ1v) is 9.49. The summed E-state index contributed by atoms with van der Waals surface area (Å²) in [5.41, 5.74) is 1.37. The molecule has 0 unspecified atom stereocenters. The van der Waals surface area contributed by atoms with E-state index in [1.54, 1.807) is 24.3 Å². The molecule has 3 aromatic rings. The number of rotatable bonds is 10. The molecular formula is C21H24N4O3. The minimum atomic E-state index is -0.148. The number of nitrogens with one attached hydrogen (secondary N) is 1. The molecule has 0 aliphatic carbocycles. The number of benzene rings is 1. The van der Waals surface area contributed by atoms with E-state index in [1.165, 1.54) is 0 Å². The second kappa shape index (κ2) is 9.64. The summed E-state index contributed by atoms with van der Waals surface area (Å²) in [7, 11) is 0. The molecule has 2 heterocycles. The summed E-state index contributed by atoms with van der Waals surface area (Å²) < 4.78 is 7.40. The second-order valence-corrected chi connectivity index (χ2v) is 6.44. The number of ether oxygens (including phenoxy) is 1.